The van der Waals surface area contributed by atoms with Gasteiger partial charge < -0.3 is 19.5 Å². The summed E-state index contributed by atoms with van der Waals surface area (Å²) in [7, 11) is 4.95. The maximum Gasteiger partial charge on any atom is 0.177 e. The summed E-state index contributed by atoms with van der Waals surface area (Å²) in [5.41, 5.74) is 1.00. The lowest BCUT2D eigenvalue weighted by Gasteiger charge is -2.27. The van der Waals surface area contributed by atoms with E-state index >= 15 is 0 Å². The second-order valence-electron chi connectivity index (χ2n) is 4.37. The smallest absolute Gasteiger partial charge is 0.177 e. The number of rotatable bonds is 10. The predicted octanol–water partition coefficient (Wildman–Crippen LogP) is 1.95. The van der Waals surface area contributed by atoms with Crippen molar-refractivity contribution in [3.05, 3.63) is 16.4 Å². The van der Waals surface area contributed by atoms with Gasteiger partial charge in [0.05, 0.1) is 29.5 Å². The third kappa shape index (κ3) is 4.53. The molecule has 0 saturated carbocycles. The van der Waals surface area contributed by atoms with Crippen molar-refractivity contribution < 1.29 is 14.2 Å². The molecule has 1 unspecified atom stereocenters. The summed E-state index contributed by atoms with van der Waals surface area (Å²) in [6, 6.07) is -0.0984. The largest absolute Gasteiger partial charge is 0.383 e. The van der Waals surface area contributed by atoms with E-state index in [1.54, 1.807) is 27.5 Å². The second-order valence-corrected chi connectivity index (χ2v) is 5.22. The van der Waals surface area contributed by atoms with Crippen LogP contribution in [0.1, 0.15) is 25.1 Å². The fourth-order valence-electron chi connectivity index (χ4n) is 2.03. The quantitative estimate of drug-likeness (QED) is 0.654. The minimum Gasteiger partial charge on any atom is -0.383 e. The molecule has 0 spiro atoms. The molecule has 1 N–H and O–H groups in total. The third-order valence-electron chi connectivity index (χ3n) is 2.99. The Morgan fingerprint density at radius 1 is 1.35 bits per heavy atom. The molecule has 6 nitrogen and oxygen atoms in total. The van der Waals surface area contributed by atoms with Gasteiger partial charge in [0.1, 0.15) is 6.04 Å². The fourth-order valence-corrected chi connectivity index (χ4v) is 2.57. The molecular formula is C13H24BrN3O3. The first-order valence-corrected chi connectivity index (χ1v) is 7.47. The number of hydrogen-bond donors (Lipinski definition) is 1. The lowest BCUT2D eigenvalue weighted by Crippen LogP contribution is -2.37. The van der Waals surface area contributed by atoms with Crippen molar-refractivity contribution >= 4 is 15.9 Å². The Bertz CT molecular complexity index is 383. The summed E-state index contributed by atoms with van der Waals surface area (Å²) >= 11 is 3.55. The van der Waals surface area contributed by atoms with Gasteiger partial charge in [0.25, 0.3) is 0 Å². The molecule has 1 aromatic heterocycles. The normalized spacial score (nSPS) is 13.1. The van der Waals surface area contributed by atoms with Gasteiger partial charge in [-0.3, -0.25) is 4.68 Å². The van der Waals surface area contributed by atoms with Crippen LogP contribution >= 0.6 is 15.9 Å². The Labute approximate surface area is 128 Å². The maximum absolute atomic E-state index is 5.42. The first-order valence-electron chi connectivity index (χ1n) is 6.68. The molecule has 116 valence electrons. The van der Waals surface area contributed by atoms with E-state index in [-0.39, 0.29) is 12.3 Å². The average molecular weight is 350 g/mol. The van der Waals surface area contributed by atoms with Crippen molar-refractivity contribution in [1.29, 1.82) is 0 Å². The average Bonchev–Trinajstić information content (AvgIpc) is 2.82. The molecule has 0 fully saturated rings. The van der Waals surface area contributed by atoms with Gasteiger partial charge in [0.2, 0.25) is 0 Å². The molecule has 1 aromatic rings. The molecule has 0 saturated heterocycles. The summed E-state index contributed by atoms with van der Waals surface area (Å²) < 4.78 is 18.8. The summed E-state index contributed by atoms with van der Waals surface area (Å²) in [5.74, 6) is 0. The highest BCUT2D eigenvalue weighted by molar-refractivity contribution is 9.10. The minimum absolute atomic E-state index is 0.0984. The SMILES string of the molecule is CCCNC(c1c(Br)cnn1CCOC)C(OC)OC. The zero-order chi connectivity index (χ0) is 15.0. The maximum atomic E-state index is 5.42. The van der Waals surface area contributed by atoms with Crippen LogP contribution < -0.4 is 5.32 Å². The van der Waals surface area contributed by atoms with E-state index in [9.17, 15) is 0 Å². The van der Waals surface area contributed by atoms with Crippen molar-refractivity contribution in [3.8, 4) is 0 Å². The summed E-state index contributed by atoms with van der Waals surface area (Å²) in [6.07, 6.45) is 2.44. The number of aromatic nitrogens is 2. The predicted molar refractivity (Wildman–Crippen MR) is 80.6 cm³/mol. The third-order valence-corrected chi connectivity index (χ3v) is 3.60. The van der Waals surface area contributed by atoms with Crippen LogP contribution in [0.15, 0.2) is 10.7 Å². The lowest BCUT2D eigenvalue weighted by atomic mass is 10.2. The molecule has 20 heavy (non-hydrogen) atoms. The standard InChI is InChI=1S/C13H24BrN3O3/c1-5-6-15-11(13(19-3)20-4)12-10(14)9-16-17(12)7-8-18-2/h9,11,13,15H,5-8H2,1-4H3. The topological polar surface area (TPSA) is 57.5 Å². The Hall–Kier alpha value is -0.470. The van der Waals surface area contributed by atoms with Crippen molar-refractivity contribution in [3.63, 3.8) is 0 Å². The molecule has 0 radical (unpaired) electrons. The summed E-state index contributed by atoms with van der Waals surface area (Å²) in [6.45, 7) is 4.28. The zero-order valence-corrected chi connectivity index (χ0v) is 14.1. The monoisotopic (exact) mass is 349 g/mol. The fraction of sp³-hybridized carbons (Fsp3) is 0.769. The van der Waals surface area contributed by atoms with Crippen LogP contribution in [0.5, 0.6) is 0 Å². The van der Waals surface area contributed by atoms with Crippen molar-refractivity contribution in [1.82, 2.24) is 15.1 Å². The molecule has 0 amide bonds. The zero-order valence-electron chi connectivity index (χ0n) is 12.6. The van der Waals surface area contributed by atoms with Gasteiger partial charge in [-0.15, -0.1) is 0 Å². The molecule has 0 aliphatic rings. The molecule has 1 heterocycles. The van der Waals surface area contributed by atoms with Gasteiger partial charge >= 0.3 is 0 Å². The van der Waals surface area contributed by atoms with Crippen molar-refractivity contribution in [2.24, 2.45) is 0 Å². The highest BCUT2D eigenvalue weighted by Crippen LogP contribution is 2.27. The van der Waals surface area contributed by atoms with Crippen LogP contribution in [0.2, 0.25) is 0 Å². The second kappa shape index (κ2) is 9.46. The highest BCUT2D eigenvalue weighted by Gasteiger charge is 2.28. The van der Waals surface area contributed by atoms with E-state index in [0.717, 1.165) is 23.1 Å². The van der Waals surface area contributed by atoms with Gasteiger partial charge in [-0.1, -0.05) is 6.92 Å². The van der Waals surface area contributed by atoms with Gasteiger partial charge in [-0.05, 0) is 28.9 Å². The van der Waals surface area contributed by atoms with Crippen LogP contribution in [0.3, 0.4) is 0 Å². The Morgan fingerprint density at radius 2 is 2.05 bits per heavy atom. The van der Waals surface area contributed by atoms with E-state index in [1.165, 1.54) is 0 Å². The molecule has 0 aliphatic heterocycles. The highest BCUT2D eigenvalue weighted by atomic mass is 79.9. The Balaban J connectivity index is 3.01. The van der Waals surface area contributed by atoms with E-state index < -0.39 is 0 Å². The van der Waals surface area contributed by atoms with Gasteiger partial charge in [-0.2, -0.15) is 5.10 Å². The first kappa shape index (κ1) is 17.6. The van der Waals surface area contributed by atoms with Crippen LogP contribution in [-0.4, -0.2) is 50.6 Å². The number of nitrogens with zero attached hydrogens (tertiary/aromatic N) is 2. The van der Waals surface area contributed by atoms with Gasteiger partial charge in [-0.25, -0.2) is 0 Å². The van der Waals surface area contributed by atoms with E-state index in [2.05, 4.69) is 33.3 Å². The molecule has 1 rings (SSSR count). The number of methoxy groups -OCH3 is 3. The molecule has 1 atom stereocenters. The first-order chi connectivity index (χ1) is 9.69. The molecule has 0 aliphatic carbocycles. The molecule has 7 heteroatoms. The van der Waals surface area contributed by atoms with E-state index in [0.29, 0.717) is 13.2 Å². The van der Waals surface area contributed by atoms with Crippen LogP contribution in [0, 0.1) is 0 Å². The van der Waals surface area contributed by atoms with Gasteiger partial charge in [0, 0.05) is 21.3 Å². The Kier molecular flexibility index (Phi) is 8.32. The number of hydrogen-bond acceptors (Lipinski definition) is 5. The molecule has 0 bridgehead atoms. The van der Waals surface area contributed by atoms with Gasteiger partial charge in [0.15, 0.2) is 6.29 Å². The molecular weight excluding hydrogens is 326 g/mol. The number of nitrogens with one attached hydrogen (secondary N) is 1. The molecule has 0 aromatic carbocycles. The van der Waals surface area contributed by atoms with Crippen molar-refractivity contribution in [2.75, 3.05) is 34.5 Å². The van der Waals surface area contributed by atoms with Crippen LogP contribution in [-0.2, 0) is 20.8 Å². The van der Waals surface area contributed by atoms with E-state index in [1.807, 2.05) is 4.68 Å². The van der Waals surface area contributed by atoms with Crippen LogP contribution in [0.25, 0.3) is 0 Å². The van der Waals surface area contributed by atoms with Crippen LogP contribution in [0.4, 0.5) is 0 Å². The Morgan fingerprint density at radius 3 is 2.60 bits per heavy atom. The number of halogens is 1. The van der Waals surface area contributed by atoms with E-state index in [4.69, 9.17) is 14.2 Å². The number of ether oxygens (including phenoxy) is 3. The summed E-state index contributed by atoms with van der Waals surface area (Å²) in [5, 5.41) is 7.82. The lowest BCUT2D eigenvalue weighted by molar-refractivity contribution is -0.125. The minimum atomic E-state index is -0.379. The summed E-state index contributed by atoms with van der Waals surface area (Å²) in [4.78, 5) is 0. The van der Waals surface area contributed by atoms with Crippen molar-refractivity contribution in [2.45, 2.75) is 32.2 Å².